The van der Waals surface area contributed by atoms with Crippen LogP contribution in [0.3, 0.4) is 0 Å². The number of thiazole rings is 1. The van der Waals surface area contributed by atoms with Gasteiger partial charge < -0.3 is 9.84 Å². The molecule has 4 rings (SSSR count). The molecule has 164 valence electrons. The van der Waals surface area contributed by atoms with Gasteiger partial charge in [-0.25, -0.2) is 4.98 Å². The molecule has 0 bridgehead atoms. The minimum absolute atomic E-state index is 0.00647. The standard InChI is InChI=1S/C24H21ClN2O4S/c1-4-31-18-11-7-15(8-12-18)20-19(21(28)16-5-9-17(25)10-6-16)22(29)23(30)27(20)24-26-13(2)14(3)32-24/h5-12,20,28H,4H2,1-3H3/t20-/m0/s1. The van der Waals surface area contributed by atoms with Crippen molar-refractivity contribution in [1.29, 1.82) is 0 Å². The van der Waals surface area contributed by atoms with Crippen LogP contribution in [-0.4, -0.2) is 28.4 Å². The lowest BCUT2D eigenvalue weighted by Gasteiger charge is -2.23. The summed E-state index contributed by atoms with van der Waals surface area (Å²) >= 11 is 7.30. The Labute approximate surface area is 194 Å². The number of anilines is 1. The first kappa shape index (κ1) is 22.0. The summed E-state index contributed by atoms with van der Waals surface area (Å²) < 4.78 is 5.52. The number of aromatic nitrogens is 1. The molecule has 0 aliphatic carbocycles. The van der Waals surface area contributed by atoms with Crippen LogP contribution in [0.15, 0.2) is 54.1 Å². The number of rotatable bonds is 5. The smallest absolute Gasteiger partial charge is 0.301 e. The molecule has 1 aliphatic rings. The molecule has 0 unspecified atom stereocenters. The first-order chi connectivity index (χ1) is 15.3. The van der Waals surface area contributed by atoms with E-state index in [1.807, 2.05) is 20.8 Å². The second-order valence-electron chi connectivity index (χ2n) is 7.32. The van der Waals surface area contributed by atoms with Crippen LogP contribution in [0.4, 0.5) is 5.13 Å². The highest BCUT2D eigenvalue weighted by atomic mass is 35.5. The molecule has 1 amide bonds. The molecule has 1 aliphatic heterocycles. The summed E-state index contributed by atoms with van der Waals surface area (Å²) in [4.78, 5) is 33.1. The zero-order valence-corrected chi connectivity index (χ0v) is 19.3. The van der Waals surface area contributed by atoms with Crippen LogP contribution in [0.25, 0.3) is 5.76 Å². The van der Waals surface area contributed by atoms with Crippen LogP contribution in [-0.2, 0) is 9.59 Å². The van der Waals surface area contributed by atoms with E-state index in [9.17, 15) is 14.7 Å². The van der Waals surface area contributed by atoms with E-state index in [0.717, 1.165) is 10.6 Å². The molecule has 0 spiro atoms. The zero-order chi connectivity index (χ0) is 23.0. The summed E-state index contributed by atoms with van der Waals surface area (Å²) in [6.45, 7) is 6.17. The molecular weight excluding hydrogens is 448 g/mol. The van der Waals surface area contributed by atoms with Crippen molar-refractivity contribution in [1.82, 2.24) is 4.98 Å². The number of hydrogen-bond donors (Lipinski definition) is 1. The van der Waals surface area contributed by atoms with Crippen LogP contribution in [0.5, 0.6) is 5.75 Å². The third-order valence-electron chi connectivity index (χ3n) is 5.29. The number of carbonyl (C=O) groups is 2. The maximum atomic E-state index is 13.1. The van der Waals surface area contributed by atoms with Gasteiger partial charge in [0.25, 0.3) is 5.78 Å². The lowest BCUT2D eigenvalue weighted by molar-refractivity contribution is -0.132. The number of aliphatic hydroxyl groups excluding tert-OH is 1. The number of carbonyl (C=O) groups excluding carboxylic acids is 2. The number of nitrogens with zero attached hydrogens (tertiary/aromatic N) is 2. The number of halogens is 1. The normalized spacial score (nSPS) is 17.8. The van der Waals surface area contributed by atoms with Gasteiger partial charge >= 0.3 is 5.91 Å². The first-order valence-corrected chi connectivity index (χ1v) is 11.2. The number of Topliss-reactive ketones (excluding diaryl/α,β-unsaturated/α-hetero) is 1. The second kappa shape index (κ2) is 8.76. The van der Waals surface area contributed by atoms with Crippen LogP contribution < -0.4 is 9.64 Å². The molecular formula is C24H21ClN2O4S. The molecule has 1 N–H and O–H groups in total. The summed E-state index contributed by atoms with van der Waals surface area (Å²) in [6, 6.07) is 12.8. The molecule has 1 fully saturated rings. The Kier molecular flexibility index (Phi) is 6.04. The number of hydrogen-bond acceptors (Lipinski definition) is 6. The molecule has 2 heterocycles. The average molecular weight is 469 g/mol. The van der Waals surface area contributed by atoms with Crippen LogP contribution in [0.2, 0.25) is 5.02 Å². The molecule has 0 radical (unpaired) electrons. The van der Waals surface area contributed by atoms with Gasteiger partial charge in [0.1, 0.15) is 11.5 Å². The summed E-state index contributed by atoms with van der Waals surface area (Å²) in [5.74, 6) is -1.08. The highest BCUT2D eigenvalue weighted by Crippen LogP contribution is 2.44. The minimum atomic E-state index is -0.827. The quantitative estimate of drug-likeness (QED) is 0.306. The average Bonchev–Trinajstić information content (AvgIpc) is 3.24. The predicted molar refractivity (Wildman–Crippen MR) is 125 cm³/mol. The van der Waals surface area contributed by atoms with Crippen LogP contribution in [0, 0.1) is 13.8 Å². The SMILES string of the molecule is CCOc1ccc([C@H]2C(=C(O)c3ccc(Cl)cc3)C(=O)C(=O)N2c2nc(C)c(C)s2)cc1. The maximum Gasteiger partial charge on any atom is 0.301 e. The molecule has 1 saturated heterocycles. The fraction of sp³-hybridized carbons (Fsp3) is 0.208. The lowest BCUT2D eigenvalue weighted by atomic mass is 9.95. The summed E-state index contributed by atoms with van der Waals surface area (Å²) in [7, 11) is 0. The number of ketones is 1. The second-order valence-corrected chi connectivity index (χ2v) is 8.93. The zero-order valence-electron chi connectivity index (χ0n) is 17.8. The van der Waals surface area contributed by atoms with Gasteiger partial charge in [0.05, 0.1) is 23.9 Å². The fourth-order valence-corrected chi connectivity index (χ4v) is 4.64. The number of aryl methyl sites for hydroxylation is 2. The van der Waals surface area contributed by atoms with E-state index in [4.69, 9.17) is 16.3 Å². The molecule has 8 heteroatoms. The van der Waals surface area contributed by atoms with Crippen molar-refractivity contribution < 1.29 is 19.4 Å². The van der Waals surface area contributed by atoms with E-state index in [0.29, 0.717) is 33.6 Å². The number of ether oxygens (including phenoxy) is 1. The van der Waals surface area contributed by atoms with Crippen molar-refractivity contribution in [2.24, 2.45) is 0 Å². The Morgan fingerprint density at radius 2 is 1.78 bits per heavy atom. The van der Waals surface area contributed by atoms with E-state index < -0.39 is 17.7 Å². The molecule has 2 aromatic carbocycles. The fourth-order valence-electron chi connectivity index (χ4n) is 3.58. The van der Waals surface area contributed by atoms with Gasteiger partial charge in [-0.3, -0.25) is 14.5 Å². The van der Waals surface area contributed by atoms with E-state index >= 15 is 0 Å². The van der Waals surface area contributed by atoms with Gasteiger partial charge in [-0.15, -0.1) is 11.3 Å². The van der Waals surface area contributed by atoms with Gasteiger partial charge in [-0.2, -0.15) is 0 Å². The van der Waals surface area contributed by atoms with Gasteiger partial charge in [-0.05, 0) is 62.7 Å². The van der Waals surface area contributed by atoms with Gasteiger partial charge in [0, 0.05) is 15.5 Å². The molecule has 6 nitrogen and oxygen atoms in total. The number of benzene rings is 2. The molecule has 1 atom stereocenters. The Morgan fingerprint density at radius 1 is 1.12 bits per heavy atom. The van der Waals surface area contributed by atoms with Crippen LogP contribution >= 0.6 is 22.9 Å². The molecule has 32 heavy (non-hydrogen) atoms. The number of aliphatic hydroxyl groups is 1. The summed E-state index contributed by atoms with van der Waals surface area (Å²) in [6.07, 6.45) is 0. The largest absolute Gasteiger partial charge is 0.507 e. The third-order valence-corrected chi connectivity index (χ3v) is 6.62. The van der Waals surface area contributed by atoms with E-state index in [-0.39, 0.29) is 11.3 Å². The molecule has 0 saturated carbocycles. The van der Waals surface area contributed by atoms with Crippen molar-refractivity contribution in [2.75, 3.05) is 11.5 Å². The topological polar surface area (TPSA) is 79.7 Å². The third kappa shape index (κ3) is 3.89. The summed E-state index contributed by atoms with van der Waals surface area (Å²) in [5.41, 5.74) is 1.85. The number of amides is 1. The van der Waals surface area contributed by atoms with Crippen molar-refractivity contribution in [3.8, 4) is 5.75 Å². The van der Waals surface area contributed by atoms with Gasteiger partial charge in [0.15, 0.2) is 5.13 Å². The van der Waals surface area contributed by atoms with Crippen LogP contribution in [0.1, 0.15) is 34.7 Å². The van der Waals surface area contributed by atoms with E-state index in [1.54, 1.807) is 48.5 Å². The van der Waals surface area contributed by atoms with Crippen molar-refractivity contribution in [3.63, 3.8) is 0 Å². The first-order valence-electron chi connectivity index (χ1n) is 10.1. The van der Waals surface area contributed by atoms with Gasteiger partial charge in [-0.1, -0.05) is 23.7 Å². The lowest BCUT2D eigenvalue weighted by Crippen LogP contribution is -2.29. The predicted octanol–water partition coefficient (Wildman–Crippen LogP) is 5.44. The Balaban J connectivity index is 1.90. The molecule has 1 aromatic heterocycles. The summed E-state index contributed by atoms with van der Waals surface area (Å²) in [5, 5.41) is 12.0. The van der Waals surface area contributed by atoms with Crippen molar-refractivity contribution >= 4 is 45.5 Å². The Morgan fingerprint density at radius 3 is 2.34 bits per heavy atom. The van der Waals surface area contributed by atoms with Crippen molar-refractivity contribution in [3.05, 3.63) is 80.8 Å². The minimum Gasteiger partial charge on any atom is -0.507 e. The maximum absolute atomic E-state index is 13.1. The van der Waals surface area contributed by atoms with Crippen molar-refractivity contribution in [2.45, 2.75) is 26.8 Å². The molecule has 3 aromatic rings. The highest BCUT2D eigenvalue weighted by molar-refractivity contribution is 7.16. The van der Waals surface area contributed by atoms with Gasteiger partial charge in [0.2, 0.25) is 0 Å². The highest BCUT2D eigenvalue weighted by Gasteiger charge is 2.48. The van der Waals surface area contributed by atoms with E-state index in [1.165, 1.54) is 16.2 Å². The Bertz CT molecular complexity index is 1200. The van der Waals surface area contributed by atoms with E-state index in [2.05, 4.69) is 4.98 Å². The monoisotopic (exact) mass is 468 g/mol. The Hall–Kier alpha value is -3.16.